The fraction of sp³-hybridized carbons (Fsp3) is 0.647. The Bertz CT molecular complexity index is 691. The van der Waals surface area contributed by atoms with E-state index in [1.165, 1.54) is 13.3 Å². The molecule has 2 fully saturated rings. The van der Waals surface area contributed by atoms with E-state index in [2.05, 4.69) is 9.88 Å². The number of carbonyl (C=O) groups excluding carboxylic acids is 1. The number of methoxy groups -OCH3 is 1. The highest BCUT2D eigenvalue weighted by Gasteiger charge is 2.28. The summed E-state index contributed by atoms with van der Waals surface area (Å²) in [7, 11) is -2.03. The highest BCUT2D eigenvalue weighted by Crippen LogP contribution is 2.25. The van der Waals surface area contributed by atoms with Crippen molar-refractivity contribution in [3.05, 3.63) is 18.3 Å². The molecule has 0 spiro atoms. The van der Waals surface area contributed by atoms with E-state index < -0.39 is 10.0 Å². The van der Waals surface area contributed by atoms with Crippen LogP contribution >= 0.6 is 0 Å². The summed E-state index contributed by atoms with van der Waals surface area (Å²) in [5.41, 5.74) is 0. The zero-order valence-corrected chi connectivity index (χ0v) is 15.4. The van der Waals surface area contributed by atoms with Crippen molar-refractivity contribution in [1.29, 1.82) is 0 Å². The average Bonchev–Trinajstić information content (AvgIpc) is 2.68. The number of nitrogens with zero attached hydrogens (tertiary/aromatic N) is 3. The maximum absolute atomic E-state index is 12.6. The van der Waals surface area contributed by atoms with Gasteiger partial charge in [0.1, 0.15) is 10.7 Å². The van der Waals surface area contributed by atoms with Crippen LogP contribution in [-0.4, -0.2) is 57.0 Å². The van der Waals surface area contributed by atoms with Crippen LogP contribution in [0.3, 0.4) is 0 Å². The van der Waals surface area contributed by atoms with Crippen LogP contribution in [0.15, 0.2) is 23.2 Å². The van der Waals surface area contributed by atoms with Crippen molar-refractivity contribution in [2.24, 2.45) is 5.92 Å². The van der Waals surface area contributed by atoms with Gasteiger partial charge in [-0.3, -0.25) is 4.79 Å². The van der Waals surface area contributed by atoms with E-state index in [0.29, 0.717) is 26.2 Å². The molecule has 25 heavy (non-hydrogen) atoms. The van der Waals surface area contributed by atoms with Crippen LogP contribution in [-0.2, 0) is 19.6 Å². The molecule has 2 saturated heterocycles. The molecule has 0 radical (unpaired) electrons. The van der Waals surface area contributed by atoms with Crippen LogP contribution < -0.4 is 4.90 Å². The molecule has 1 aromatic rings. The Morgan fingerprint density at radius 3 is 2.36 bits per heavy atom. The van der Waals surface area contributed by atoms with Crippen molar-refractivity contribution in [3.8, 4) is 0 Å². The van der Waals surface area contributed by atoms with E-state index in [9.17, 15) is 13.2 Å². The molecule has 2 aliphatic rings. The number of esters is 1. The number of ether oxygens (including phenoxy) is 1. The quantitative estimate of drug-likeness (QED) is 0.753. The lowest BCUT2D eigenvalue weighted by molar-refractivity contribution is -0.146. The molecule has 0 aromatic carbocycles. The van der Waals surface area contributed by atoms with Gasteiger partial charge >= 0.3 is 5.97 Å². The Labute approximate surface area is 149 Å². The van der Waals surface area contributed by atoms with E-state index in [4.69, 9.17) is 4.74 Å². The normalized spacial score (nSPS) is 20.4. The number of anilines is 1. The Kier molecular flexibility index (Phi) is 5.58. The van der Waals surface area contributed by atoms with E-state index in [1.807, 2.05) is 0 Å². The molecule has 8 heteroatoms. The largest absolute Gasteiger partial charge is 0.469 e. The van der Waals surface area contributed by atoms with E-state index in [-0.39, 0.29) is 16.8 Å². The maximum Gasteiger partial charge on any atom is 0.308 e. The van der Waals surface area contributed by atoms with Gasteiger partial charge in [0.2, 0.25) is 10.0 Å². The first kappa shape index (κ1) is 18.1. The summed E-state index contributed by atoms with van der Waals surface area (Å²) in [5, 5.41) is 0. The van der Waals surface area contributed by atoms with Crippen molar-refractivity contribution >= 4 is 21.8 Å². The zero-order valence-electron chi connectivity index (χ0n) is 14.6. The van der Waals surface area contributed by atoms with E-state index in [1.54, 1.807) is 16.4 Å². The summed E-state index contributed by atoms with van der Waals surface area (Å²) in [5.74, 6) is 0.538. The number of rotatable bonds is 4. The van der Waals surface area contributed by atoms with Crippen LogP contribution in [0.25, 0.3) is 0 Å². The summed E-state index contributed by atoms with van der Waals surface area (Å²) in [6, 6.07) is 3.40. The minimum atomic E-state index is -3.44. The van der Waals surface area contributed by atoms with Crippen molar-refractivity contribution < 1.29 is 17.9 Å². The van der Waals surface area contributed by atoms with Crippen molar-refractivity contribution in [2.75, 3.05) is 38.2 Å². The number of piperidine rings is 2. The standard InChI is InChI=1S/C17H25N3O4S/c1-24-17(21)14-7-11-19(12-8-14)16-6-5-15(13-18-16)25(22,23)20-9-3-2-4-10-20/h5-6,13-14H,2-4,7-12H2,1H3. The third-order valence-corrected chi connectivity index (χ3v) is 6.91. The molecular formula is C17H25N3O4S. The molecule has 0 amide bonds. The van der Waals surface area contributed by atoms with E-state index in [0.717, 1.165) is 37.9 Å². The summed E-state index contributed by atoms with van der Waals surface area (Å²) in [6.45, 7) is 2.60. The number of carbonyl (C=O) groups is 1. The molecule has 0 saturated carbocycles. The van der Waals surface area contributed by atoms with Crippen LogP contribution in [0.5, 0.6) is 0 Å². The number of sulfonamides is 1. The molecule has 3 rings (SSSR count). The van der Waals surface area contributed by atoms with Gasteiger partial charge in [-0.15, -0.1) is 0 Å². The maximum atomic E-state index is 12.6. The average molecular weight is 367 g/mol. The topological polar surface area (TPSA) is 79.8 Å². The predicted molar refractivity (Wildman–Crippen MR) is 93.8 cm³/mol. The van der Waals surface area contributed by atoms with Gasteiger partial charge < -0.3 is 9.64 Å². The van der Waals surface area contributed by atoms with Gasteiger partial charge in [0.05, 0.1) is 13.0 Å². The molecule has 0 unspecified atom stereocenters. The lowest BCUT2D eigenvalue weighted by Gasteiger charge is -2.31. The second-order valence-electron chi connectivity index (χ2n) is 6.60. The lowest BCUT2D eigenvalue weighted by atomic mass is 9.97. The molecule has 0 bridgehead atoms. The van der Waals surface area contributed by atoms with Crippen LogP contribution in [0.4, 0.5) is 5.82 Å². The Morgan fingerprint density at radius 2 is 1.80 bits per heavy atom. The van der Waals surface area contributed by atoms with E-state index >= 15 is 0 Å². The highest BCUT2D eigenvalue weighted by molar-refractivity contribution is 7.89. The Morgan fingerprint density at radius 1 is 1.12 bits per heavy atom. The smallest absolute Gasteiger partial charge is 0.308 e. The fourth-order valence-electron chi connectivity index (χ4n) is 3.48. The van der Waals surface area contributed by atoms with Gasteiger partial charge in [-0.25, -0.2) is 13.4 Å². The van der Waals surface area contributed by atoms with Gasteiger partial charge in [0.15, 0.2) is 0 Å². The lowest BCUT2D eigenvalue weighted by Crippen LogP contribution is -2.37. The zero-order chi connectivity index (χ0) is 17.9. The Balaban J connectivity index is 1.65. The third-order valence-electron chi connectivity index (χ3n) is 5.03. The molecule has 7 nitrogen and oxygen atoms in total. The number of aromatic nitrogens is 1. The van der Waals surface area contributed by atoms with Gasteiger partial charge in [0, 0.05) is 32.4 Å². The summed E-state index contributed by atoms with van der Waals surface area (Å²) in [4.78, 5) is 18.3. The fourth-order valence-corrected chi connectivity index (χ4v) is 4.94. The first-order chi connectivity index (χ1) is 12.0. The first-order valence-electron chi connectivity index (χ1n) is 8.81. The summed E-state index contributed by atoms with van der Waals surface area (Å²) in [6.07, 6.45) is 5.82. The molecule has 138 valence electrons. The van der Waals surface area contributed by atoms with Crippen molar-refractivity contribution in [2.45, 2.75) is 37.0 Å². The molecular weight excluding hydrogens is 342 g/mol. The highest BCUT2D eigenvalue weighted by atomic mass is 32.2. The monoisotopic (exact) mass is 367 g/mol. The second kappa shape index (κ2) is 7.70. The minimum Gasteiger partial charge on any atom is -0.469 e. The third kappa shape index (κ3) is 3.95. The predicted octanol–water partition coefficient (Wildman–Crippen LogP) is 1.65. The SMILES string of the molecule is COC(=O)C1CCN(c2ccc(S(=O)(=O)N3CCCCC3)cn2)CC1. The minimum absolute atomic E-state index is 0.0556. The van der Waals surface area contributed by atoms with Crippen LogP contribution in [0, 0.1) is 5.92 Å². The second-order valence-corrected chi connectivity index (χ2v) is 8.54. The van der Waals surface area contributed by atoms with Gasteiger partial charge in [-0.1, -0.05) is 6.42 Å². The van der Waals surface area contributed by atoms with Gasteiger partial charge in [0.25, 0.3) is 0 Å². The van der Waals surface area contributed by atoms with Crippen LogP contribution in [0.2, 0.25) is 0 Å². The van der Waals surface area contributed by atoms with Crippen molar-refractivity contribution in [3.63, 3.8) is 0 Å². The summed E-state index contributed by atoms with van der Waals surface area (Å²) < 4.78 is 31.6. The number of hydrogen-bond donors (Lipinski definition) is 0. The number of hydrogen-bond acceptors (Lipinski definition) is 6. The molecule has 1 aromatic heterocycles. The number of pyridine rings is 1. The van der Waals surface area contributed by atoms with Crippen LogP contribution in [0.1, 0.15) is 32.1 Å². The molecule has 2 aliphatic heterocycles. The molecule has 0 aliphatic carbocycles. The van der Waals surface area contributed by atoms with Gasteiger partial charge in [-0.2, -0.15) is 4.31 Å². The molecule has 0 N–H and O–H groups in total. The van der Waals surface area contributed by atoms with Gasteiger partial charge in [-0.05, 0) is 37.8 Å². The summed E-state index contributed by atoms with van der Waals surface area (Å²) >= 11 is 0. The van der Waals surface area contributed by atoms with Crippen molar-refractivity contribution in [1.82, 2.24) is 9.29 Å². The Hall–Kier alpha value is -1.67. The first-order valence-corrected chi connectivity index (χ1v) is 10.3. The molecule has 3 heterocycles. The molecule has 0 atom stereocenters.